The first-order valence-corrected chi connectivity index (χ1v) is 5.77. The van der Waals surface area contributed by atoms with Crippen molar-refractivity contribution in [2.75, 3.05) is 6.54 Å². The summed E-state index contributed by atoms with van der Waals surface area (Å²) in [6, 6.07) is 3.91. The van der Waals surface area contributed by atoms with Gasteiger partial charge in [0.15, 0.2) is 0 Å². The van der Waals surface area contributed by atoms with Crippen LogP contribution in [0.5, 0.6) is 0 Å². The highest BCUT2D eigenvalue weighted by atomic mass is 32.1. The minimum Gasteiger partial charge on any atom is -0.385 e. The van der Waals surface area contributed by atoms with Crippen molar-refractivity contribution in [1.29, 1.82) is 0 Å². The lowest BCUT2D eigenvalue weighted by Gasteiger charge is -2.09. The first kappa shape index (κ1) is 12.0. The molecular weight excluding hydrogens is 204 g/mol. The molecule has 0 aliphatic carbocycles. The smallest absolute Gasteiger partial charge is 0.112 e. The van der Waals surface area contributed by atoms with Crippen LogP contribution in [0.2, 0.25) is 0 Å². The molecule has 0 aliphatic heterocycles. The highest BCUT2D eigenvalue weighted by Crippen LogP contribution is 2.09. The summed E-state index contributed by atoms with van der Waals surface area (Å²) in [6.45, 7) is 7.15. The molecule has 0 fully saturated rings. The van der Waals surface area contributed by atoms with Crippen LogP contribution >= 0.6 is 12.2 Å². The molecule has 2 nitrogen and oxygen atoms in total. The van der Waals surface area contributed by atoms with E-state index in [4.69, 9.17) is 12.2 Å². The molecule has 0 aliphatic rings. The molecule has 0 radical (unpaired) electrons. The fourth-order valence-corrected chi connectivity index (χ4v) is 1.63. The minimum atomic E-state index is 0.741. The Balaban J connectivity index is 2.48. The summed E-state index contributed by atoms with van der Waals surface area (Å²) >= 11 is 5.17. The van der Waals surface area contributed by atoms with Gasteiger partial charge in [0.1, 0.15) is 4.64 Å². The van der Waals surface area contributed by atoms with Gasteiger partial charge in [-0.3, -0.25) is 0 Å². The monoisotopic (exact) mass is 222 g/mol. The minimum absolute atomic E-state index is 0.741. The molecule has 0 amide bonds. The van der Waals surface area contributed by atoms with Gasteiger partial charge in [0.05, 0.1) is 0 Å². The SMILES string of the molecule is C=C(NCCCCC)c1ccc[nH]c1=S. The van der Waals surface area contributed by atoms with Gasteiger partial charge in [-0.25, -0.2) is 0 Å². The molecule has 1 rings (SSSR count). The number of nitrogens with one attached hydrogen (secondary N) is 2. The molecule has 0 atom stereocenters. The van der Waals surface area contributed by atoms with E-state index >= 15 is 0 Å². The molecule has 82 valence electrons. The molecule has 0 spiro atoms. The average molecular weight is 222 g/mol. The summed E-state index contributed by atoms with van der Waals surface area (Å²) in [5, 5.41) is 3.29. The van der Waals surface area contributed by atoms with E-state index in [2.05, 4.69) is 23.8 Å². The highest BCUT2D eigenvalue weighted by Gasteiger charge is 1.99. The number of rotatable bonds is 6. The molecule has 3 heteroatoms. The maximum absolute atomic E-state index is 5.17. The zero-order valence-electron chi connectivity index (χ0n) is 9.18. The average Bonchev–Trinajstić information content (AvgIpc) is 2.25. The number of H-pyrrole nitrogens is 1. The standard InChI is InChI=1S/C12H18N2S/c1-3-4-5-8-13-10(2)11-7-6-9-14-12(11)15/h6-7,9,13H,2-5,8H2,1H3,(H,14,15). The van der Waals surface area contributed by atoms with Crippen LogP contribution in [-0.2, 0) is 0 Å². The van der Waals surface area contributed by atoms with Crippen LogP contribution < -0.4 is 5.32 Å². The molecule has 0 aromatic carbocycles. The van der Waals surface area contributed by atoms with Crippen LogP contribution in [0.3, 0.4) is 0 Å². The van der Waals surface area contributed by atoms with Crippen molar-refractivity contribution in [2.45, 2.75) is 26.2 Å². The van der Waals surface area contributed by atoms with Crippen molar-refractivity contribution in [3.8, 4) is 0 Å². The van der Waals surface area contributed by atoms with Crippen molar-refractivity contribution < 1.29 is 0 Å². The molecule has 2 N–H and O–H groups in total. The third-order valence-corrected chi connectivity index (χ3v) is 2.60. The Hall–Kier alpha value is -1.09. The summed E-state index contributed by atoms with van der Waals surface area (Å²) in [6.07, 6.45) is 5.50. The van der Waals surface area contributed by atoms with Gasteiger partial charge in [0.25, 0.3) is 0 Å². The van der Waals surface area contributed by atoms with E-state index in [1.165, 1.54) is 19.3 Å². The Morgan fingerprint density at radius 1 is 1.53 bits per heavy atom. The first-order chi connectivity index (χ1) is 7.25. The number of pyridine rings is 1. The molecule has 0 saturated carbocycles. The third-order valence-electron chi connectivity index (χ3n) is 2.26. The Bertz CT molecular complexity index is 368. The van der Waals surface area contributed by atoms with E-state index in [0.29, 0.717) is 0 Å². The molecule has 15 heavy (non-hydrogen) atoms. The summed E-state index contributed by atoms with van der Waals surface area (Å²) in [4.78, 5) is 3.00. The lowest BCUT2D eigenvalue weighted by molar-refractivity contribution is 0.689. The van der Waals surface area contributed by atoms with Gasteiger partial charge < -0.3 is 10.3 Å². The van der Waals surface area contributed by atoms with Crippen molar-refractivity contribution in [1.82, 2.24) is 10.3 Å². The Morgan fingerprint density at radius 3 is 3.00 bits per heavy atom. The largest absolute Gasteiger partial charge is 0.385 e. The molecule has 1 aromatic rings. The summed E-state index contributed by atoms with van der Waals surface area (Å²) in [7, 11) is 0. The van der Waals surface area contributed by atoms with Gasteiger partial charge in [-0.2, -0.15) is 0 Å². The Kier molecular flexibility index (Phi) is 5.12. The van der Waals surface area contributed by atoms with Gasteiger partial charge in [0.2, 0.25) is 0 Å². The van der Waals surface area contributed by atoms with Gasteiger partial charge in [0, 0.05) is 24.0 Å². The van der Waals surface area contributed by atoms with Crippen molar-refractivity contribution in [2.24, 2.45) is 0 Å². The van der Waals surface area contributed by atoms with Crippen LogP contribution in [-0.4, -0.2) is 11.5 Å². The zero-order chi connectivity index (χ0) is 11.1. The summed E-state index contributed by atoms with van der Waals surface area (Å²) < 4.78 is 0.741. The molecule has 0 saturated heterocycles. The normalized spacial score (nSPS) is 9.93. The van der Waals surface area contributed by atoms with Crippen LogP contribution in [0.1, 0.15) is 31.7 Å². The molecule has 0 bridgehead atoms. The number of hydrogen-bond donors (Lipinski definition) is 2. The molecule has 0 unspecified atom stereocenters. The van der Waals surface area contributed by atoms with E-state index in [9.17, 15) is 0 Å². The number of hydrogen-bond acceptors (Lipinski definition) is 2. The van der Waals surface area contributed by atoms with E-state index in [0.717, 1.165) is 22.4 Å². The number of aromatic amines is 1. The maximum Gasteiger partial charge on any atom is 0.112 e. The third kappa shape index (κ3) is 3.88. The molecule has 1 aromatic heterocycles. The quantitative estimate of drug-likeness (QED) is 0.569. The van der Waals surface area contributed by atoms with Crippen molar-refractivity contribution in [3.63, 3.8) is 0 Å². The van der Waals surface area contributed by atoms with E-state index < -0.39 is 0 Å². The number of unbranched alkanes of at least 4 members (excludes halogenated alkanes) is 2. The number of aromatic nitrogens is 1. The van der Waals surface area contributed by atoms with Gasteiger partial charge >= 0.3 is 0 Å². The predicted molar refractivity (Wildman–Crippen MR) is 68.2 cm³/mol. The summed E-state index contributed by atoms with van der Waals surface area (Å²) in [5.41, 5.74) is 1.90. The van der Waals surface area contributed by atoms with Crippen LogP contribution in [0.4, 0.5) is 0 Å². The fourth-order valence-electron chi connectivity index (χ4n) is 1.37. The second-order valence-electron chi connectivity index (χ2n) is 3.53. The Morgan fingerprint density at radius 2 is 2.33 bits per heavy atom. The second kappa shape index (κ2) is 6.40. The topological polar surface area (TPSA) is 27.8 Å². The lowest BCUT2D eigenvalue weighted by atomic mass is 10.2. The van der Waals surface area contributed by atoms with Gasteiger partial charge in [-0.1, -0.05) is 38.6 Å². The second-order valence-corrected chi connectivity index (χ2v) is 3.93. The first-order valence-electron chi connectivity index (χ1n) is 5.36. The van der Waals surface area contributed by atoms with Crippen molar-refractivity contribution in [3.05, 3.63) is 35.1 Å². The van der Waals surface area contributed by atoms with Gasteiger partial charge in [-0.15, -0.1) is 0 Å². The van der Waals surface area contributed by atoms with E-state index in [-0.39, 0.29) is 0 Å². The summed E-state index contributed by atoms with van der Waals surface area (Å²) in [5.74, 6) is 0. The zero-order valence-corrected chi connectivity index (χ0v) is 9.99. The van der Waals surface area contributed by atoms with Gasteiger partial charge in [-0.05, 0) is 18.6 Å². The highest BCUT2D eigenvalue weighted by molar-refractivity contribution is 7.71. The maximum atomic E-state index is 5.17. The Labute approximate surface area is 96.4 Å². The van der Waals surface area contributed by atoms with Crippen LogP contribution in [0, 0.1) is 4.64 Å². The van der Waals surface area contributed by atoms with E-state index in [1.807, 2.05) is 18.3 Å². The molecular formula is C12H18N2S. The predicted octanol–water partition coefficient (Wildman–Crippen LogP) is 3.49. The lowest BCUT2D eigenvalue weighted by Crippen LogP contribution is -2.13. The molecule has 1 heterocycles. The van der Waals surface area contributed by atoms with Crippen LogP contribution in [0.25, 0.3) is 5.70 Å². The van der Waals surface area contributed by atoms with E-state index in [1.54, 1.807) is 0 Å². The van der Waals surface area contributed by atoms with Crippen molar-refractivity contribution >= 4 is 17.9 Å². The fraction of sp³-hybridized carbons (Fsp3) is 0.417. The van der Waals surface area contributed by atoms with Crippen LogP contribution in [0.15, 0.2) is 24.9 Å².